The van der Waals surface area contributed by atoms with Gasteiger partial charge in [-0.3, -0.25) is 0 Å². The van der Waals surface area contributed by atoms with Crippen LogP contribution in [-0.4, -0.2) is 75.3 Å². The number of nitrogens with one attached hydrogen (secondary N) is 2. The average Bonchev–Trinajstić information content (AvgIpc) is 3.27. The van der Waals surface area contributed by atoms with E-state index in [1.807, 2.05) is 68.4 Å². The van der Waals surface area contributed by atoms with Gasteiger partial charge in [0.25, 0.3) is 0 Å². The van der Waals surface area contributed by atoms with Crippen LogP contribution in [0.15, 0.2) is 102 Å². The van der Waals surface area contributed by atoms with Crippen LogP contribution in [0.2, 0.25) is 36.3 Å². The van der Waals surface area contributed by atoms with E-state index in [4.69, 9.17) is 27.8 Å². The van der Waals surface area contributed by atoms with Gasteiger partial charge in [0.1, 0.15) is 11.5 Å². The standard InChI is InChI=1S/C28H43NO3Si.C23H39NO4Si.H6P4.H5P3/c1-22(18-19-31-21-24-12-10-9-11-13-24)27(29-25-14-16-26(30-6)17-15-25)23(2)20-32-33(7,8)28(3,4)5;1-10-27-21(25)15-17(2)22(24-19-11-13-20(26-7)14-12-19)18(3)16-28-29(8,9)23(4,5)6;1-4(2)3;1-3-2/h9-18,23,27,29H,19-21H2,1-8H3;11-15,18,22,24H,10,16H2,1-9H3;1-3H2;3H,1-2H2/b22-18+;17-15-;;/t23-,27+;18-,22+;;/m00../s1. The molecule has 0 fully saturated rings. The number of hydrogen-bond donors (Lipinski definition) is 2. The predicted molar refractivity (Wildman–Crippen MR) is 329 cm³/mol. The van der Waals surface area contributed by atoms with Gasteiger partial charge in [0, 0.05) is 42.5 Å². The summed E-state index contributed by atoms with van der Waals surface area (Å²) in [5, 5.41) is 7.63. The van der Waals surface area contributed by atoms with Crippen molar-refractivity contribution < 1.29 is 32.6 Å². The minimum Gasteiger partial charge on any atom is -0.497 e. The Labute approximate surface area is 437 Å². The molecule has 9 atom stereocenters. The molecule has 0 radical (unpaired) electrons. The number of hydrogen-bond acceptors (Lipinski definition) is 9. The monoisotopic (exact) mass is 1120 g/mol. The maximum absolute atomic E-state index is 12.0. The zero-order chi connectivity index (χ0) is 53.0. The molecule has 0 bridgehead atoms. The summed E-state index contributed by atoms with van der Waals surface area (Å²) in [6.45, 7) is 36.1. The van der Waals surface area contributed by atoms with Crippen molar-refractivity contribution in [1.29, 1.82) is 0 Å². The van der Waals surface area contributed by atoms with Gasteiger partial charge in [-0.1, -0.05) is 105 Å². The van der Waals surface area contributed by atoms with E-state index in [0.717, 1.165) is 43.0 Å². The Morgan fingerprint density at radius 2 is 1.07 bits per heavy atom. The highest BCUT2D eigenvalue weighted by molar-refractivity contribution is 8.65. The Balaban J connectivity index is 0.00000119. The summed E-state index contributed by atoms with van der Waals surface area (Å²) in [6, 6.07) is 26.2. The second-order valence-corrected chi connectivity index (χ2v) is 45.6. The number of anilines is 2. The summed E-state index contributed by atoms with van der Waals surface area (Å²) in [6.07, 6.45) is 3.76. The Kier molecular flexibility index (Phi) is 34.9. The number of carbonyl (C=O) groups excluding carboxylic acids is 1. The number of benzene rings is 3. The van der Waals surface area contributed by atoms with E-state index in [2.05, 4.69) is 174 Å². The smallest absolute Gasteiger partial charge is 0.330 e. The largest absolute Gasteiger partial charge is 0.497 e. The molecule has 9 nitrogen and oxygen atoms in total. The molecule has 0 aliphatic heterocycles. The average molecular weight is 1120 g/mol. The van der Waals surface area contributed by atoms with Gasteiger partial charge in [-0.05, 0) is 124 Å². The number of ether oxygens (including phenoxy) is 4. The maximum atomic E-state index is 12.0. The lowest BCUT2D eigenvalue weighted by molar-refractivity contribution is -0.137. The van der Waals surface area contributed by atoms with Gasteiger partial charge < -0.3 is 38.4 Å². The topological polar surface area (TPSA) is 96.5 Å². The van der Waals surface area contributed by atoms with E-state index >= 15 is 0 Å². The molecule has 3 aromatic carbocycles. The zero-order valence-corrected chi connectivity index (χ0v) is 54.9. The minimum absolute atomic E-state index is 0.0578. The molecule has 0 heterocycles. The van der Waals surface area contributed by atoms with Crippen LogP contribution in [0.25, 0.3) is 0 Å². The first-order valence-electron chi connectivity index (χ1n) is 23.5. The zero-order valence-electron chi connectivity index (χ0n) is 45.2. The van der Waals surface area contributed by atoms with Crippen LogP contribution in [0, 0.1) is 11.8 Å². The molecule has 18 heteroatoms. The first-order valence-corrected chi connectivity index (χ1v) is 40.1. The fourth-order valence-electron chi connectivity index (χ4n) is 5.98. The van der Waals surface area contributed by atoms with E-state index in [-0.39, 0.29) is 41.0 Å². The van der Waals surface area contributed by atoms with Crippen LogP contribution in [0.4, 0.5) is 11.4 Å². The maximum Gasteiger partial charge on any atom is 0.330 e. The molecule has 0 spiro atoms. The molecule has 0 aliphatic carbocycles. The lowest BCUT2D eigenvalue weighted by Crippen LogP contribution is -2.43. The van der Waals surface area contributed by atoms with E-state index < -0.39 is 16.6 Å². The number of methoxy groups -OCH3 is 2. The summed E-state index contributed by atoms with van der Waals surface area (Å²) in [4.78, 5) is 12.0. The van der Waals surface area contributed by atoms with Gasteiger partial charge in [0.2, 0.25) is 0 Å². The third kappa shape index (κ3) is 29.0. The first kappa shape index (κ1) is 68.1. The highest BCUT2D eigenvalue weighted by atomic mass is 32.7. The van der Waals surface area contributed by atoms with E-state index in [1.54, 1.807) is 20.3 Å². The number of carbonyl (C=O) groups is 1. The van der Waals surface area contributed by atoms with Crippen molar-refractivity contribution in [3.05, 3.63) is 108 Å². The third-order valence-electron chi connectivity index (χ3n) is 12.2. The summed E-state index contributed by atoms with van der Waals surface area (Å²) in [7, 11) is 13.7. The Bertz CT molecular complexity index is 1890. The van der Waals surface area contributed by atoms with E-state index in [9.17, 15) is 4.79 Å². The Morgan fingerprint density at radius 1 is 0.696 bits per heavy atom. The molecule has 69 heavy (non-hydrogen) atoms. The van der Waals surface area contributed by atoms with Gasteiger partial charge in [-0.2, -0.15) is 0 Å². The van der Waals surface area contributed by atoms with Crippen molar-refractivity contribution >= 4 is 93.6 Å². The van der Waals surface area contributed by atoms with Crippen molar-refractivity contribution in [2.75, 3.05) is 51.3 Å². The van der Waals surface area contributed by atoms with Crippen LogP contribution in [0.3, 0.4) is 0 Å². The van der Waals surface area contributed by atoms with Gasteiger partial charge in [0.15, 0.2) is 16.6 Å². The Hall–Kier alpha value is -0.866. The van der Waals surface area contributed by atoms with Gasteiger partial charge >= 0.3 is 5.97 Å². The van der Waals surface area contributed by atoms with Crippen molar-refractivity contribution in [3.63, 3.8) is 0 Å². The van der Waals surface area contributed by atoms with Crippen molar-refractivity contribution in [1.82, 2.24) is 0 Å². The predicted octanol–water partition coefficient (Wildman–Crippen LogP) is 16.0. The van der Waals surface area contributed by atoms with Crippen molar-refractivity contribution in [3.8, 4) is 11.5 Å². The molecule has 3 aromatic rings. The van der Waals surface area contributed by atoms with Crippen LogP contribution in [0.1, 0.15) is 81.7 Å². The third-order valence-corrected chi connectivity index (χ3v) is 21.2. The second kappa shape index (κ2) is 35.4. The fraction of sp³-hybridized carbons (Fsp3) is 0.549. The Morgan fingerprint density at radius 3 is 1.42 bits per heavy atom. The number of rotatable bonds is 22. The molecular weight excluding hydrogens is 1030 g/mol. The molecule has 2 N–H and O–H groups in total. The highest BCUT2D eigenvalue weighted by Gasteiger charge is 2.39. The van der Waals surface area contributed by atoms with Gasteiger partial charge in [-0.25, -0.2) is 4.79 Å². The first-order chi connectivity index (χ1) is 32.1. The lowest BCUT2D eigenvalue weighted by Gasteiger charge is -2.38. The molecule has 3 rings (SSSR count). The van der Waals surface area contributed by atoms with Crippen LogP contribution < -0.4 is 20.1 Å². The van der Waals surface area contributed by atoms with Gasteiger partial charge in [-0.15, -0.1) is 44.6 Å². The van der Waals surface area contributed by atoms with Crippen LogP contribution in [-0.2, 0) is 29.7 Å². The summed E-state index contributed by atoms with van der Waals surface area (Å²) in [5.41, 5.74) is 5.40. The summed E-state index contributed by atoms with van der Waals surface area (Å²) >= 11 is 0. The normalized spacial score (nSPS) is 14.0. The second-order valence-electron chi connectivity index (χ2n) is 20.0. The van der Waals surface area contributed by atoms with Crippen molar-refractivity contribution in [2.45, 2.75) is 131 Å². The summed E-state index contributed by atoms with van der Waals surface area (Å²) in [5.74, 6) is 1.81. The van der Waals surface area contributed by atoms with Crippen molar-refractivity contribution in [2.24, 2.45) is 11.8 Å². The fourth-order valence-corrected chi connectivity index (χ4v) is 8.20. The molecule has 0 saturated carbocycles. The number of esters is 1. The van der Waals surface area contributed by atoms with E-state index in [1.165, 1.54) is 11.1 Å². The highest BCUT2D eigenvalue weighted by Crippen LogP contribution is 2.60. The molecule has 392 valence electrons. The van der Waals surface area contributed by atoms with Gasteiger partial charge in [0.05, 0.1) is 46.1 Å². The lowest BCUT2D eigenvalue weighted by atomic mass is 9.95. The summed E-state index contributed by atoms with van der Waals surface area (Å²) < 4.78 is 34.6. The van der Waals surface area contributed by atoms with Crippen LogP contribution >= 0.6 is 59.6 Å². The quantitative estimate of drug-likeness (QED) is 0.0255. The SMILES string of the molecule is CCOC(=O)/C=C(/C)[C@@H](Nc1ccc(OC)cc1)[C@@H](C)CO[Si](C)(C)C(C)(C)C.COc1ccc(N[C@H](/C(C)=C/COCc2ccccc2)[C@@H](C)CO[Si](C)(C)C(C)(C)C)cc1.PP(P)P.PPP. The molecule has 0 saturated heterocycles. The van der Waals surface area contributed by atoms with E-state index in [0.29, 0.717) is 32.3 Å². The minimum atomic E-state index is -1.85. The molecule has 0 amide bonds. The molecule has 0 aromatic heterocycles. The molecule has 0 aliphatic rings. The van der Waals surface area contributed by atoms with Crippen LogP contribution in [0.5, 0.6) is 11.5 Å². The molecular formula is C51H93N2O7P7Si2. The molecule has 5 unspecified atom stereocenters.